The summed E-state index contributed by atoms with van der Waals surface area (Å²) in [7, 11) is 0. The molecule has 2 rings (SSSR count). The highest BCUT2D eigenvalue weighted by Crippen LogP contribution is 2.23. The lowest BCUT2D eigenvalue weighted by Crippen LogP contribution is -2.31. The summed E-state index contributed by atoms with van der Waals surface area (Å²) in [5.41, 5.74) is 1.28. The van der Waals surface area contributed by atoms with Crippen molar-refractivity contribution in [2.24, 2.45) is 0 Å². The molecule has 25 heavy (non-hydrogen) atoms. The molecule has 0 aromatic heterocycles. The van der Waals surface area contributed by atoms with Gasteiger partial charge in [0.25, 0.3) is 5.91 Å². The maximum absolute atomic E-state index is 12.0. The number of hydrogen-bond donors (Lipinski definition) is 3. The van der Waals surface area contributed by atoms with Gasteiger partial charge in [0.1, 0.15) is 17.4 Å². The number of phenols is 1. The number of hydrogen-bond acceptors (Lipinski definition) is 5. The second-order valence-electron chi connectivity index (χ2n) is 5.93. The van der Waals surface area contributed by atoms with E-state index in [1.807, 2.05) is 13.0 Å². The Bertz CT molecular complexity index is 722. The number of carbonyl (C=O) groups is 2. The van der Waals surface area contributed by atoms with Crippen LogP contribution in [0.1, 0.15) is 24.8 Å². The largest absolute Gasteiger partial charge is 0.506 e. The molecule has 3 N–H and O–H groups in total. The van der Waals surface area contributed by atoms with Gasteiger partial charge in [-0.1, -0.05) is 6.07 Å². The molecule has 1 fully saturated rings. The molecule has 1 aromatic rings. The molecule has 0 spiro atoms. The van der Waals surface area contributed by atoms with E-state index >= 15 is 0 Å². The van der Waals surface area contributed by atoms with Gasteiger partial charge in [0.2, 0.25) is 5.91 Å². The molecule has 1 aliphatic heterocycles. The predicted molar refractivity (Wildman–Crippen MR) is 93.6 cm³/mol. The summed E-state index contributed by atoms with van der Waals surface area (Å²) in [6.45, 7) is 3.65. The molecule has 1 heterocycles. The minimum absolute atomic E-state index is 0.0369. The van der Waals surface area contributed by atoms with Crippen LogP contribution in [0.4, 0.5) is 5.69 Å². The van der Waals surface area contributed by atoms with E-state index < -0.39 is 5.91 Å². The van der Waals surface area contributed by atoms with Gasteiger partial charge in [0, 0.05) is 32.3 Å². The molecule has 0 aliphatic carbocycles. The summed E-state index contributed by atoms with van der Waals surface area (Å²) in [5, 5.41) is 24.3. The minimum Gasteiger partial charge on any atom is -0.506 e. The normalized spacial score (nSPS) is 14.3. The van der Waals surface area contributed by atoms with Gasteiger partial charge in [0.15, 0.2) is 0 Å². The Morgan fingerprint density at radius 2 is 2.28 bits per heavy atom. The van der Waals surface area contributed by atoms with Crippen LogP contribution in [0.3, 0.4) is 0 Å². The van der Waals surface area contributed by atoms with Crippen molar-refractivity contribution >= 4 is 17.5 Å². The monoisotopic (exact) mass is 342 g/mol. The average molecular weight is 342 g/mol. The summed E-state index contributed by atoms with van der Waals surface area (Å²) >= 11 is 0. The summed E-state index contributed by atoms with van der Waals surface area (Å²) in [6, 6.07) is 6.85. The van der Waals surface area contributed by atoms with Crippen LogP contribution in [0.2, 0.25) is 0 Å². The van der Waals surface area contributed by atoms with Gasteiger partial charge in [0.05, 0.1) is 5.69 Å². The molecular formula is C18H22N4O3. The first-order valence-corrected chi connectivity index (χ1v) is 8.23. The predicted octanol–water partition coefficient (Wildman–Crippen LogP) is 1.65. The van der Waals surface area contributed by atoms with Crippen LogP contribution >= 0.6 is 0 Å². The van der Waals surface area contributed by atoms with E-state index in [4.69, 9.17) is 5.26 Å². The van der Waals surface area contributed by atoms with Crippen molar-refractivity contribution in [1.82, 2.24) is 10.2 Å². The molecule has 0 unspecified atom stereocenters. The molecule has 0 radical (unpaired) electrons. The number of benzene rings is 1. The Morgan fingerprint density at radius 3 is 2.96 bits per heavy atom. The van der Waals surface area contributed by atoms with E-state index in [9.17, 15) is 14.7 Å². The second kappa shape index (κ2) is 8.73. The number of aromatic hydroxyl groups is 1. The highest BCUT2D eigenvalue weighted by atomic mass is 16.3. The molecule has 0 bridgehead atoms. The molecule has 7 heteroatoms. The van der Waals surface area contributed by atoms with E-state index in [1.54, 1.807) is 17.0 Å². The van der Waals surface area contributed by atoms with Crippen molar-refractivity contribution < 1.29 is 14.7 Å². The number of nitrogens with one attached hydrogen (secondary N) is 2. The number of likely N-dealkylation sites (tertiary alicyclic amines) is 1. The van der Waals surface area contributed by atoms with Crippen LogP contribution in [0.5, 0.6) is 5.75 Å². The van der Waals surface area contributed by atoms with E-state index in [1.165, 1.54) is 12.3 Å². The highest BCUT2D eigenvalue weighted by molar-refractivity contribution is 5.97. The topological polar surface area (TPSA) is 105 Å². The van der Waals surface area contributed by atoms with Crippen molar-refractivity contribution in [2.75, 3.05) is 25.0 Å². The Balaban J connectivity index is 1.82. The van der Waals surface area contributed by atoms with Gasteiger partial charge < -0.3 is 20.6 Å². The smallest absolute Gasteiger partial charge is 0.263 e. The lowest BCUT2D eigenvalue weighted by atomic mass is 10.2. The number of phenolic OH excluding ortho intramolecular Hbond substituents is 1. The lowest BCUT2D eigenvalue weighted by Gasteiger charge is -2.15. The summed E-state index contributed by atoms with van der Waals surface area (Å²) in [4.78, 5) is 25.3. The molecule has 7 nitrogen and oxygen atoms in total. The van der Waals surface area contributed by atoms with Gasteiger partial charge in [-0.15, -0.1) is 0 Å². The first kappa shape index (κ1) is 18.3. The fourth-order valence-corrected chi connectivity index (χ4v) is 2.57. The Morgan fingerprint density at radius 1 is 1.48 bits per heavy atom. The quantitative estimate of drug-likeness (QED) is 0.302. The zero-order chi connectivity index (χ0) is 18.2. The molecule has 2 amide bonds. The van der Waals surface area contributed by atoms with Crippen LogP contribution in [-0.2, 0) is 9.59 Å². The molecule has 0 saturated carbocycles. The number of aryl methyl sites for hydroxylation is 1. The summed E-state index contributed by atoms with van der Waals surface area (Å²) < 4.78 is 0. The van der Waals surface area contributed by atoms with Gasteiger partial charge >= 0.3 is 0 Å². The van der Waals surface area contributed by atoms with Crippen LogP contribution < -0.4 is 10.6 Å². The summed E-state index contributed by atoms with van der Waals surface area (Å²) in [6.07, 6.45) is 3.41. The van der Waals surface area contributed by atoms with Crippen molar-refractivity contribution in [3.8, 4) is 11.8 Å². The first-order chi connectivity index (χ1) is 12.0. The van der Waals surface area contributed by atoms with E-state index in [0.717, 1.165) is 18.5 Å². The van der Waals surface area contributed by atoms with Gasteiger partial charge in [-0.05, 0) is 37.5 Å². The average Bonchev–Trinajstić information content (AvgIpc) is 3.00. The van der Waals surface area contributed by atoms with E-state index in [2.05, 4.69) is 10.6 Å². The van der Waals surface area contributed by atoms with Crippen molar-refractivity contribution in [1.29, 1.82) is 5.26 Å². The van der Waals surface area contributed by atoms with Crippen molar-refractivity contribution in [2.45, 2.75) is 26.2 Å². The third kappa shape index (κ3) is 5.24. The maximum Gasteiger partial charge on any atom is 0.263 e. The van der Waals surface area contributed by atoms with Crippen molar-refractivity contribution in [3.05, 3.63) is 35.5 Å². The zero-order valence-electron chi connectivity index (χ0n) is 14.2. The van der Waals surface area contributed by atoms with Crippen LogP contribution in [0, 0.1) is 18.3 Å². The van der Waals surface area contributed by atoms with Crippen LogP contribution in [-0.4, -0.2) is 41.5 Å². The Labute approximate surface area is 146 Å². The van der Waals surface area contributed by atoms with Gasteiger partial charge in [-0.3, -0.25) is 9.59 Å². The van der Waals surface area contributed by atoms with Crippen LogP contribution in [0.25, 0.3) is 0 Å². The number of carbonyl (C=O) groups excluding carboxylic acids is 2. The standard InChI is InChI=1S/C18H22N4O3/c1-13-5-6-16(23)15(10-13)21-12-14(11-19)18(25)20-7-3-9-22-8-2-4-17(22)24/h5-6,10,12,21,23H,2-4,7-9H2,1H3,(H,20,25)/b14-12-. The first-order valence-electron chi connectivity index (χ1n) is 8.23. The van der Waals surface area contributed by atoms with E-state index in [-0.39, 0.29) is 17.2 Å². The van der Waals surface area contributed by atoms with Gasteiger partial charge in [-0.2, -0.15) is 5.26 Å². The third-order valence-corrected chi connectivity index (χ3v) is 3.95. The van der Waals surface area contributed by atoms with Gasteiger partial charge in [-0.25, -0.2) is 0 Å². The number of nitrogens with zero attached hydrogens (tertiary/aromatic N) is 2. The third-order valence-electron chi connectivity index (χ3n) is 3.95. The number of anilines is 1. The van der Waals surface area contributed by atoms with E-state index in [0.29, 0.717) is 31.6 Å². The fourth-order valence-electron chi connectivity index (χ4n) is 2.57. The Kier molecular flexibility index (Phi) is 6.40. The number of rotatable bonds is 7. The van der Waals surface area contributed by atoms with Crippen molar-refractivity contribution in [3.63, 3.8) is 0 Å². The lowest BCUT2D eigenvalue weighted by molar-refractivity contribution is -0.127. The minimum atomic E-state index is -0.491. The molecule has 1 aromatic carbocycles. The molecule has 1 aliphatic rings. The molecule has 1 saturated heterocycles. The summed E-state index contributed by atoms with van der Waals surface area (Å²) in [5.74, 6) is -0.296. The fraction of sp³-hybridized carbons (Fsp3) is 0.389. The second-order valence-corrected chi connectivity index (χ2v) is 5.93. The SMILES string of the molecule is Cc1ccc(O)c(N/C=C(/C#N)C(=O)NCCCN2CCCC2=O)c1. The number of amides is 2. The highest BCUT2D eigenvalue weighted by Gasteiger charge is 2.19. The number of nitriles is 1. The zero-order valence-corrected chi connectivity index (χ0v) is 14.2. The molecular weight excluding hydrogens is 320 g/mol. The maximum atomic E-state index is 12.0. The molecule has 132 valence electrons. The van der Waals surface area contributed by atoms with Crippen LogP contribution in [0.15, 0.2) is 30.0 Å². The Hall–Kier alpha value is -3.01. The molecule has 0 atom stereocenters.